The number of allylic oxidation sites excluding steroid dienone is 2. The zero-order chi connectivity index (χ0) is 21.1. The molecule has 29 heavy (non-hydrogen) atoms. The minimum atomic E-state index is -2.95. The van der Waals surface area contributed by atoms with E-state index < -0.39 is 41.0 Å². The van der Waals surface area contributed by atoms with Crippen molar-refractivity contribution in [3.05, 3.63) is 71.2 Å². The van der Waals surface area contributed by atoms with Gasteiger partial charge in [-0.05, 0) is 49.2 Å². The maximum Gasteiger partial charge on any atom is 0.278 e. The van der Waals surface area contributed by atoms with Gasteiger partial charge in [0.25, 0.3) is 12.3 Å². The zero-order valence-electron chi connectivity index (χ0n) is 14.9. The van der Waals surface area contributed by atoms with Gasteiger partial charge >= 0.3 is 0 Å². The summed E-state index contributed by atoms with van der Waals surface area (Å²) in [6, 6.07) is 6.02. The first-order valence-corrected chi connectivity index (χ1v) is 8.66. The molecule has 1 aliphatic carbocycles. The van der Waals surface area contributed by atoms with E-state index in [4.69, 9.17) is 5.41 Å². The van der Waals surface area contributed by atoms with Crippen LogP contribution in [0.4, 0.5) is 33.3 Å². The highest BCUT2D eigenvalue weighted by atomic mass is 19.3. The molecule has 0 saturated heterocycles. The summed E-state index contributed by atoms with van der Waals surface area (Å²) >= 11 is 0. The Bertz CT molecular complexity index is 966. The molecule has 1 fully saturated rings. The van der Waals surface area contributed by atoms with Crippen LogP contribution in [0.15, 0.2) is 48.2 Å². The van der Waals surface area contributed by atoms with Crippen LogP contribution in [0.25, 0.3) is 0 Å². The van der Waals surface area contributed by atoms with Crippen LogP contribution in [0.5, 0.6) is 0 Å². The second kappa shape index (κ2) is 8.42. The Labute approximate surface area is 162 Å². The van der Waals surface area contributed by atoms with Gasteiger partial charge in [-0.25, -0.2) is 22.0 Å². The van der Waals surface area contributed by atoms with E-state index in [2.05, 4.69) is 10.6 Å². The lowest BCUT2D eigenvalue weighted by molar-refractivity contribution is 0.101. The highest BCUT2D eigenvalue weighted by Crippen LogP contribution is 2.31. The number of hydrogen-bond acceptors (Lipinski definition) is 3. The lowest BCUT2D eigenvalue weighted by Crippen LogP contribution is -2.16. The Morgan fingerprint density at radius 2 is 1.69 bits per heavy atom. The highest BCUT2D eigenvalue weighted by molar-refractivity contribution is 6.04. The Morgan fingerprint density at radius 3 is 2.24 bits per heavy atom. The fourth-order valence-electron chi connectivity index (χ4n) is 2.59. The van der Waals surface area contributed by atoms with Gasteiger partial charge in [0.05, 0.1) is 11.4 Å². The molecule has 1 aliphatic rings. The van der Waals surface area contributed by atoms with E-state index in [0.29, 0.717) is 0 Å². The minimum absolute atomic E-state index is 0.0454. The van der Waals surface area contributed by atoms with Crippen LogP contribution >= 0.6 is 0 Å². The van der Waals surface area contributed by atoms with Gasteiger partial charge in [-0.1, -0.05) is 6.07 Å². The van der Waals surface area contributed by atoms with Crippen LogP contribution in [0, 0.1) is 28.8 Å². The van der Waals surface area contributed by atoms with Crippen LogP contribution < -0.4 is 10.6 Å². The minimum Gasteiger partial charge on any atom is -0.352 e. The summed E-state index contributed by atoms with van der Waals surface area (Å²) in [5.74, 6) is -4.29. The van der Waals surface area contributed by atoms with Crippen molar-refractivity contribution in [1.82, 2.24) is 0 Å². The van der Waals surface area contributed by atoms with Gasteiger partial charge in [-0.15, -0.1) is 0 Å². The molecular weight excluding hydrogens is 393 g/mol. The highest BCUT2D eigenvalue weighted by Gasteiger charge is 2.26. The van der Waals surface area contributed by atoms with Crippen LogP contribution in [0.3, 0.4) is 0 Å². The van der Waals surface area contributed by atoms with Crippen LogP contribution in [0.1, 0.15) is 23.2 Å². The molecule has 3 N–H and O–H groups in total. The third-order valence-corrected chi connectivity index (χ3v) is 4.26. The van der Waals surface area contributed by atoms with Gasteiger partial charge in [0.15, 0.2) is 0 Å². The molecule has 4 nitrogen and oxygen atoms in total. The molecule has 0 aliphatic heterocycles. The quantitative estimate of drug-likeness (QED) is 0.427. The largest absolute Gasteiger partial charge is 0.352 e. The van der Waals surface area contributed by atoms with Crippen LogP contribution in [-0.2, 0) is 0 Å². The van der Waals surface area contributed by atoms with Crippen molar-refractivity contribution in [1.29, 1.82) is 5.41 Å². The summed E-state index contributed by atoms with van der Waals surface area (Å²) in [4.78, 5) is 12.0. The molecule has 0 radical (unpaired) electrons. The Hall–Kier alpha value is -3.23. The number of rotatable bonds is 7. The van der Waals surface area contributed by atoms with Crippen LogP contribution in [0.2, 0.25) is 0 Å². The molecule has 2 aromatic carbocycles. The molecule has 2 aromatic rings. The van der Waals surface area contributed by atoms with Gasteiger partial charge in [0, 0.05) is 17.3 Å². The lowest BCUT2D eigenvalue weighted by atomic mass is 10.1. The zero-order valence-corrected chi connectivity index (χ0v) is 14.9. The molecule has 1 saturated carbocycles. The topological polar surface area (TPSA) is 65.0 Å². The maximum atomic E-state index is 14.3. The molecule has 0 bridgehead atoms. The van der Waals surface area contributed by atoms with Crippen molar-refractivity contribution >= 4 is 23.0 Å². The predicted molar refractivity (Wildman–Crippen MR) is 98.9 cm³/mol. The SMILES string of the molecule is N=C(/C=C(\Nc1ccc(NC(=O)c2c(F)cccc2F)cc1F)C(F)F)C1CC1. The number of hydrogen-bond donors (Lipinski definition) is 3. The summed E-state index contributed by atoms with van der Waals surface area (Å²) in [5.41, 5.74) is -1.81. The van der Waals surface area contributed by atoms with Crippen molar-refractivity contribution in [2.45, 2.75) is 19.3 Å². The molecule has 0 heterocycles. The number of nitrogens with one attached hydrogen (secondary N) is 3. The molecule has 0 spiro atoms. The monoisotopic (exact) mass is 409 g/mol. The van der Waals surface area contributed by atoms with Crippen molar-refractivity contribution in [2.75, 3.05) is 10.6 Å². The fourth-order valence-corrected chi connectivity index (χ4v) is 2.59. The summed E-state index contributed by atoms with van der Waals surface area (Å²) in [5, 5.41) is 12.1. The van der Waals surface area contributed by atoms with Crippen molar-refractivity contribution in [2.24, 2.45) is 5.92 Å². The Morgan fingerprint density at radius 1 is 1.03 bits per heavy atom. The molecule has 0 aromatic heterocycles. The standard InChI is InChI=1S/C20H16F5N3O/c21-12-2-1-3-13(22)18(12)20(29)27-11-6-7-16(14(23)8-11)28-17(19(24)25)9-15(26)10-4-5-10/h1-3,6-10,19,26,28H,4-5H2,(H,27,29)/b17-9-,26-15?. The molecule has 9 heteroatoms. The summed E-state index contributed by atoms with van der Waals surface area (Å²) < 4.78 is 68.0. The molecule has 3 rings (SSSR count). The summed E-state index contributed by atoms with van der Waals surface area (Å²) in [7, 11) is 0. The second-order valence-electron chi connectivity index (χ2n) is 6.50. The maximum absolute atomic E-state index is 14.3. The van der Waals surface area contributed by atoms with Crippen molar-refractivity contribution < 1.29 is 26.7 Å². The molecule has 1 amide bonds. The third-order valence-electron chi connectivity index (χ3n) is 4.26. The van der Waals surface area contributed by atoms with Crippen LogP contribution in [-0.4, -0.2) is 18.0 Å². The number of benzene rings is 2. The molecule has 0 atom stereocenters. The van der Waals surface area contributed by atoms with E-state index in [1.807, 2.05) is 0 Å². The number of carbonyl (C=O) groups is 1. The Kier molecular flexibility index (Phi) is 5.95. The van der Waals surface area contributed by atoms with Crippen molar-refractivity contribution in [3.63, 3.8) is 0 Å². The lowest BCUT2D eigenvalue weighted by Gasteiger charge is -2.13. The van der Waals surface area contributed by atoms with E-state index in [9.17, 15) is 26.7 Å². The van der Waals surface area contributed by atoms with E-state index in [-0.39, 0.29) is 23.0 Å². The normalized spacial score (nSPS) is 14.1. The number of alkyl halides is 2. The van der Waals surface area contributed by atoms with Gasteiger partial charge in [0.2, 0.25) is 0 Å². The average molecular weight is 409 g/mol. The summed E-state index contributed by atoms with van der Waals surface area (Å²) in [6.07, 6.45) is -0.441. The first-order chi connectivity index (χ1) is 13.8. The van der Waals surface area contributed by atoms with Gasteiger partial charge in [0.1, 0.15) is 23.0 Å². The van der Waals surface area contributed by atoms with Gasteiger partial charge in [-0.3, -0.25) is 4.79 Å². The van der Waals surface area contributed by atoms with E-state index in [1.165, 1.54) is 6.07 Å². The Balaban J connectivity index is 1.76. The second-order valence-corrected chi connectivity index (χ2v) is 6.50. The number of amides is 1. The van der Waals surface area contributed by atoms with E-state index in [0.717, 1.165) is 49.2 Å². The molecule has 152 valence electrons. The van der Waals surface area contributed by atoms with Crippen molar-refractivity contribution in [3.8, 4) is 0 Å². The first-order valence-electron chi connectivity index (χ1n) is 8.66. The smallest absolute Gasteiger partial charge is 0.278 e. The first kappa shape index (κ1) is 20.5. The molecule has 0 unspecified atom stereocenters. The predicted octanol–water partition coefficient (Wildman–Crippen LogP) is 5.35. The van der Waals surface area contributed by atoms with E-state index >= 15 is 0 Å². The summed E-state index contributed by atoms with van der Waals surface area (Å²) in [6.45, 7) is 0. The molecular formula is C20H16F5N3O. The van der Waals surface area contributed by atoms with Gasteiger partial charge in [-0.2, -0.15) is 0 Å². The average Bonchev–Trinajstić information content (AvgIpc) is 3.48. The number of halogens is 5. The number of anilines is 2. The third kappa shape index (κ3) is 4.98. The van der Waals surface area contributed by atoms with E-state index in [1.54, 1.807) is 0 Å². The fraction of sp³-hybridized carbons (Fsp3) is 0.200. The number of carbonyl (C=O) groups excluding carboxylic acids is 1. The van der Waals surface area contributed by atoms with Gasteiger partial charge < -0.3 is 16.0 Å².